The molecule has 0 spiro atoms. The van der Waals surface area contributed by atoms with Crippen LogP contribution < -0.4 is 9.47 Å². The molecule has 4 heteroatoms. The maximum atomic E-state index is 4.95. The predicted molar refractivity (Wildman–Crippen MR) is 48.8 cm³/mol. The summed E-state index contributed by atoms with van der Waals surface area (Å²) >= 11 is 0. The summed E-state index contributed by atoms with van der Waals surface area (Å²) in [5.74, 6) is 1.53. The Labute approximate surface area is 105 Å². The van der Waals surface area contributed by atoms with E-state index in [2.05, 4.69) is 6.07 Å². The molecule has 1 rings (SSSR count). The van der Waals surface area contributed by atoms with Crippen molar-refractivity contribution in [1.82, 2.24) is 0 Å². The molecular formula is C8H11O2SY-. The van der Waals surface area contributed by atoms with Gasteiger partial charge in [0, 0.05) is 44.2 Å². The molecule has 0 aliphatic heterocycles. The van der Waals surface area contributed by atoms with Crippen molar-refractivity contribution >= 4 is 13.5 Å². The molecule has 0 amide bonds. The van der Waals surface area contributed by atoms with Crippen molar-refractivity contribution in [2.24, 2.45) is 0 Å². The normalized spacial score (nSPS) is 7.50. The molecule has 0 aliphatic rings. The Morgan fingerprint density at radius 1 is 1.08 bits per heavy atom. The van der Waals surface area contributed by atoms with E-state index in [0.29, 0.717) is 0 Å². The van der Waals surface area contributed by atoms with E-state index < -0.39 is 0 Å². The molecular weight excluding hydrogens is 249 g/mol. The van der Waals surface area contributed by atoms with Gasteiger partial charge < -0.3 is 9.47 Å². The molecule has 1 radical (unpaired) electrons. The van der Waals surface area contributed by atoms with E-state index in [0.717, 1.165) is 11.5 Å². The Kier molecular flexibility index (Phi) is 9.73. The van der Waals surface area contributed by atoms with Gasteiger partial charge in [-0.1, -0.05) is 6.07 Å². The molecule has 1 aromatic carbocycles. The Morgan fingerprint density at radius 3 is 1.83 bits per heavy atom. The fourth-order valence-electron chi connectivity index (χ4n) is 0.665. The number of methoxy groups -OCH3 is 2. The van der Waals surface area contributed by atoms with Gasteiger partial charge in [-0.25, -0.2) is 0 Å². The largest absolute Gasteiger partial charge is 0.554 e. The maximum absolute atomic E-state index is 4.95. The van der Waals surface area contributed by atoms with E-state index in [-0.39, 0.29) is 46.2 Å². The maximum Gasteiger partial charge on any atom is 0.0606 e. The van der Waals surface area contributed by atoms with Gasteiger partial charge in [0.2, 0.25) is 0 Å². The van der Waals surface area contributed by atoms with E-state index >= 15 is 0 Å². The Balaban J connectivity index is 0. The average molecular weight is 260 g/mol. The molecule has 0 heterocycles. The van der Waals surface area contributed by atoms with Crippen molar-refractivity contribution in [1.29, 1.82) is 0 Å². The third kappa shape index (κ3) is 4.34. The van der Waals surface area contributed by atoms with Crippen molar-refractivity contribution in [3.63, 3.8) is 0 Å². The summed E-state index contributed by atoms with van der Waals surface area (Å²) in [6.45, 7) is 0. The molecule has 0 saturated carbocycles. The molecule has 0 unspecified atom stereocenters. The van der Waals surface area contributed by atoms with Crippen LogP contribution in [0.2, 0.25) is 0 Å². The first-order valence-electron chi connectivity index (χ1n) is 2.96. The van der Waals surface area contributed by atoms with E-state index in [1.54, 1.807) is 32.4 Å². The zero-order valence-electron chi connectivity index (χ0n) is 7.13. The van der Waals surface area contributed by atoms with Gasteiger partial charge in [-0.3, -0.25) is 0 Å². The second-order valence-electron chi connectivity index (χ2n) is 1.81. The van der Waals surface area contributed by atoms with E-state index in [9.17, 15) is 0 Å². The third-order valence-electron chi connectivity index (χ3n) is 1.21. The molecule has 0 atom stereocenters. The minimum Gasteiger partial charge on any atom is -0.554 e. The predicted octanol–water partition coefficient (Wildman–Crippen LogP) is 1.61. The molecule has 0 aliphatic carbocycles. The molecule has 1 aromatic rings. The quantitative estimate of drug-likeness (QED) is 0.752. The summed E-state index contributed by atoms with van der Waals surface area (Å²) in [6, 6.07) is 8.19. The summed E-state index contributed by atoms with van der Waals surface area (Å²) in [5, 5.41) is 0. The van der Waals surface area contributed by atoms with Crippen molar-refractivity contribution in [2.45, 2.75) is 0 Å². The smallest absolute Gasteiger partial charge is 0.0606 e. The Bertz CT molecular complexity index is 199. The Morgan fingerprint density at radius 2 is 1.50 bits per heavy atom. The molecule has 0 saturated heterocycles. The van der Waals surface area contributed by atoms with Crippen LogP contribution in [-0.2, 0) is 32.7 Å². The van der Waals surface area contributed by atoms with Crippen LogP contribution in [0, 0.1) is 6.07 Å². The summed E-state index contributed by atoms with van der Waals surface area (Å²) < 4.78 is 9.89. The molecule has 65 valence electrons. The van der Waals surface area contributed by atoms with Gasteiger partial charge in [-0.2, -0.15) is 19.6 Å². The van der Waals surface area contributed by atoms with Crippen LogP contribution in [0.15, 0.2) is 18.2 Å². The first-order valence-corrected chi connectivity index (χ1v) is 2.96. The number of benzene rings is 1. The zero-order chi connectivity index (χ0) is 7.40. The van der Waals surface area contributed by atoms with Gasteiger partial charge in [0.25, 0.3) is 0 Å². The number of rotatable bonds is 2. The standard InChI is InChI=1S/C8H9O2.H2S.Y/c1-9-7-4-3-5-8(6-7)10-2;;/h4-6H,1-2H3;1H2;/q-1;;. The van der Waals surface area contributed by atoms with Crippen LogP contribution in [-0.4, -0.2) is 14.2 Å². The summed E-state index contributed by atoms with van der Waals surface area (Å²) in [5.41, 5.74) is 0. The van der Waals surface area contributed by atoms with Crippen LogP contribution >= 0.6 is 13.5 Å². The van der Waals surface area contributed by atoms with E-state index in [4.69, 9.17) is 9.47 Å². The zero-order valence-corrected chi connectivity index (χ0v) is 11.0. The van der Waals surface area contributed by atoms with E-state index in [1.807, 2.05) is 0 Å². The van der Waals surface area contributed by atoms with E-state index in [1.165, 1.54) is 0 Å². The topological polar surface area (TPSA) is 18.5 Å². The van der Waals surface area contributed by atoms with Gasteiger partial charge in [-0.05, 0) is 0 Å². The molecule has 2 nitrogen and oxygen atoms in total. The number of hydrogen-bond donors (Lipinski definition) is 0. The fraction of sp³-hybridized carbons (Fsp3) is 0.250. The van der Waals surface area contributed by atoms with Gasteiger partial charge >= 0.3 is 0 Å². The summed E-state index contributed by atoms with van der Waals surface area (Å²) in [4.78, 5) is 0. The molecule has 0 N–H and O–H groups in total. The number of ether oxygens (including phenoxy) is 2. The van der Waals surface area contributed by atoms with Crippen LogP contribution in [0.1, 0.15) is 0 Å². The third-order valence-corrected chi connectivity index (χ3v) is 1.21. The van der Waals surface area contributed by atoms with Gasteiger partial charge in [0.15, 0.2) is 0 Å². The monoisotopic (exact) mass is 260 g/mol. The van der Waals surface area contributed by atoms with Crippen LogP contribution in [0.25, 0.3) is 0 Å². The van der Waals surface area contributed by atoms with Gasteiger partial charge in [-0.15, -0.1) is 12.1 Å². The Hall–Kier alpha value is 0.274. The van der Waals surface area contributed by atoms with Gasteiger partial charge in [0.1, 0.15) is 0 Å². The first-order chi connectivity index (χ1) is 4.86. The molecule has 0 bridgehead atoms. The van der Waals surface area contributed by atoms with Gasteiger partial charge in [0.05, 0.1) is 14.2 Å². The summed E-state index contributed by atoms with van der Waals surface area (Å²) in [7, 11) is 3.23. The molecule has 0 fully saturated rings. The SMILES string of the molecule is COc1c[c-]cc(OC)c1.S.[Y]. The second-order valence-corrected chi connectivity index (χ2v) is 1.81. The fourth-order valence-corrected chi connectivity index (χ4v) is 0.665. The van der Waals surface area contributed by atoms with Crippen molar-refractivity contribution in [2.75, 3.05) is 14.2 Å². The minimum absolute atomic E-state index is 0. The minimum atomic E-state index is 0. The molecule has 0 aromatic heterocycles. The van der Waals surface area contributed by atoms with Crippen LogP contribution in [0.4, 0.5) is 0 Å². The van der Waals surface area contributed by atoms with Crippen molar-refractivity contribution < 1.29 is 42.2 Å². The van der Waals surface area contributed by atoms with Crippen molar-refractivity contribution in [3.8, 4) is 11.5 Å². The molecule has 12 heavy (non-hydrogen) atoms. The average Bonchev–Trinajstić information content (AvgIpc) is 2.05. The van der Waals surface area contributed by atoms with Crippen LogP contribution in [0.5, 0.6) is 11.5 Å². The number of hydrogen-bond acceptors (Lipinski definition) is 2. The van der Waals surface area contributed by atoms with Crippen LogP contribution in [0.3, 0.4) is 0 Å². The van der Waals surface area contributed by atoms with Crippen molar-refractivity contribution in [3.05, 3.63) is 24.3 Å². The summed E-state index contributed by atoms with van der Waals surface area (Å²) in [6.07, 6.45) is 0. The second kappa shape index (κ2) is 7.90. The first kappa shape index (κ1) is 14.8.